The molecule has 1 fully saturated rings. The number of furan rings is 3. The molecule has 2 atom stereocenters. The van der Waals surface area contributed by atoms with Gasteiger partial charge >= 0.3 is 0 Å². The predicted molar refractivity (Wildman–Crippen MR) is 377 cm³/mol. The van der Waals surface area contributed by atoms with Gasteiger partial charge in [-0.1, -0.05) is 188 Å². The minimum atomic E-state index is 0. The molecular formula is C79H61BrN6O3. The molecule has 0 unspecified atom stereocenters. The highest BCUT2D eigenvalue weighted by atomic mass is 79.9. The minimum Gasteiger partial charge on any atom is -0.456 e. The summed E-state index contributed by atoms with van der Waals surface area (Å²) in [5.74, 6) is 0. The summed E-state index contributed by atoms with van der Waals surface area (Å²) in [6.07, 6.45) is 4.80. The molecule has 0 spiro atoms. The summed E-state index contributed by atoms with van der Waals surface area (Å²) in [6.45, 7) is 0. The van der Waals surface area contributed by atoms with Crippen molar-refractivity contribution in [2.75, 3.05) is 0 Å². The van der Waals surface area contributed by atoms with Crippen LogP contribution in [0.15, 0.2) is 266 Å². The van der Waals surface area contributed by atoms with Gasteiger partial charge in [0.1, 0.15) is 33.5 Å². The average molecular weight is 1220 g/mol. The van der Waals surface area contributed by atoms with E-state index >= 15 is 0 Å². The zero-order chi connectivity index (χ0) is 58.6. The van der Waals surface area contributed by atoms with Crippen molar-refractivity contribution in [3.8, 4) is 11.4 Å². The number of benzene rings is 12. The van der Waals surface area contributed by atoms with Crippen LogP contribution in [0.4, 0.5) is 0 Å². The highest BCUT2D eigenvalue weighted by Crippen LogP contribution is 2.44. The van der Waals surface area contributed by atoms with Crippen LogP contribution < -0.4 is 11.5 Å². The van der Waals surface area contributed by atoms with Gasteiger partial charge in [-0.25, -0.2) is 0 Å². The molecule has 7 heterocycles. The fourth-order valence-corrected chi connectivity index (χ4v) is 14.2. The molecule has 20 rings (SSSR count). The second-order valence-electron chi connectivity index (χ2n) is 23.2. The lowest BCUT2D eigenvalue weighted by atomic mass is 9.92. The third-order valence-corrected chi connectivity index (χ3v) is 18.6. The van der Waals surface area contributed by atoms with Gasteiger partial charge in [-0.05, 0) is 110 Å². The molecule has 0 bridgehead atoms. The quantitative estimate of drug-likeness (QED) is 0.137. The number of nitrogens with two attached hydrogens (primary N) is 2. The summed E-state index contributed by atoms with van der Waals surface area (Å²) in [6, 6.07) is 87.8. The molecule has 6 N–H and O–H groups in total. The molecule has 0 aliphatic heterocycles. The number of hydrogen-bond donors (Lipinski definition) is 4. The Hall–Kier alpha value is -10.4. The van der Waals surface area contributed by atoms with Crippen LogP contribution in [0.3, 0.4) is 0 Å². The number of H-pyrrole nitrogens is 2. The SMILES string of the molecule is Brc1ccc2oc3ccccc3c2c1.C.N[C@@H]1CCCC[C@H]1N.c1ccc2c(c1)[nH]c1c2ccc2c3ccccc3[nH]c21.c1ccc2c(c1)oc1ccc(-n3c4ccccc4c4ccc5c6ccccc6n(-c6ccc7oc8ccccc8c7c6)c5c43)cc12. The molecular weight excluding hydrogens is 1160 g/mol. The zero-order valence-corrected chi connectivity index (χ0v) is 49.4. The van der Waals surface area contributed by atoms with Crippen LogP contribution >= 0.6 is 15.9 Å². The average Bonchev–Trinajstić information content (AvgIpc) is 1.66. The number of hydrogen-bond acceptors (Lipinski definition) is 5. The Morgan fingerprint density at radius 1 is 0.326 bits per heavy atom. The van der Waals surface area contributed by atoms with E-state index in [1.54, 1.807) is 0 Å². The first kappa shape index (κ1) is 54.1. The smallest absolute Gasteiger partial charge is 0.135 e. The molecule has 7 aromatic heterocycles. The normalized spacial score (nSPS) is 14.4. The van der Waals surface area contributed by atoms with E-state index in [-0.39, 0.29) is 19.5 Å². The van der Waals surface area contributed by atoms with Crippen LogP contribution in [-0.2, 0) is 0 Å². The lowest BCUT2D eigenvalue weighted by Crippen LogP contribution is -2.43. The number of nitrogens with one attached hydrogen (secondary N) is 2. The topological polar surface area (TPSA) is 133 Å². The van der Waals surface area contributed by atoms with Gasteiger partial charge in [-0.15, -0.1) is 0 Å². The summed E-state index contributed by atoms with van der Waals surface area (Å²) in [5, 5.41) is 16.8. The van der Waals surface area contributed by atoms with E-state index in [0.717, 1.165) is 89.1 Å². The van der Waals surface area contributed by atoms with E-state index in [0.29, 0.717) is 0 Å². The highest BCUT2D eigenvalue weighted by molar-refractivity contribution is 9.10. The number of aromatic nitrogens is 4. The van der Waals surface area contributed by atoms with Gasteiger partial charge in [0, 0.05) is 114 Å². The Balaban J connectivity index is 0.000000120. The molecule has 12 aromatic carbocycles. The Labute approximate surface area is 519 Å². The molecule has 432 valence electrons. The monoisotopic (exact) mass is 1220 g/mol. The van der Waals surface area contributed by atoms with E-state index in [1.165, 1.54) is 105 Å². The van der Waals surface area contributed by atoms with E-state index in [2.05, 4.69) is 229 Å². The number of halogens is 1. The van der Waals surface area contributed by atoms with Gasteiger partial charge in [0.15, 0.2) is 0 Å². The van der Waals surface area contributed by atoms with Crippen molar-refractivity contribution in [1.29, 1.82) is 0 Å². The van der Waals surface area contributed by atoms with Crippen LogP contribution in [-0.4, -0.2) is 31.2 Å². The van der Waals surface area contributed by atoms with E-state index in [4.69, 9.17) is 24.7 Å². The Morgan fingerprint density at radius 2 is 0.663 bits per heavy atom. The fraction of sp³-hybridized carbons (Fsp3) is 0.0886. The third kappa shape index (κ3) is 8.96. The van der Waals surface area contributed by atoms with Gasteiger partial charge in [0.2, 0.25) is 0 Å². The van der Waals surface area contributed by atoms with E-state index < -0.39 is 0 Å². The van der Waals surface area contributed by atoms with Crippen molar-refractivity contribution in [2.45, 2.75) is 45.2 Å². The third-order valence-electron chi connectivity index (χ3n) is 18.1. The number of para-hydroxylation sites is 7. The summed E-state index contributed by atoms with van der Waals surface area (Å²) in [5.41, 5.74) is 28.5. The van der Waals surface area contributed by atoms with Gasteiger partial charge < -0.3 is 43.8 Å². The summed E-state index contributed by atoms with van der Waals surface area (Å²) < 4.78 is 24.1. The lowest BCUT2D eigenvalue weighted by molar-refractivity contribution is 0.385. The minimum absolute atomic E-state index is 0. The largest absolute Gasteiger partial charge is 0.456 e. The van der Waals surface area contributed by atoms with Crippen molar-refractivity contribution in [2.24, 2.45) is 11.5 Å². The Bertz CT molecular complexity index is 5620. The number of fused-ring (bicyclic) bond motifs is 23. The first-order valence-corrected chi connectivity index (χ1v) is 30.9. The Morgan fingerprint density at radius 3 is 1.09 bits per heavy atom. The molecule has 1 saturated carbocycles. The first-order chi connectivity index (χ1) is 43.4. The number of rotatable bonds is 2. The first-order valence-electron chi connectivity index (χ1n) is 30.1. The van der Waals surface area contributed by atoms with Crippen molar-refractivity contribution in [1.82, 2.24) is 19.1 Å². The van der Waals surface area contributed by atoms with Crippen molar-refractivity contribution in [3.05, 3.63) is 253 Å². The number of aromatic amines is 2. The molecule has 1 aliphatic carbocycles. The maximum absolute atomic E-state index is 6.22. The predicted octanol–water partition coefficient (Wildman–Crippen LogP) is 21.8. The summed E-state index contributed by atoms with van der Waals surface area (Å²) in [7, 11) is 0. The van der Waals surface area contributed by atoms with Gasteiger partial charge in [-0.2, -0.15) is 0 Å². The molecule has 1 aliphatic rings. The summed E-state index contributed by atoms with van der Waals surface area (Å²) in [4.78, 5) is 7.10. The lowest BCUT2D eigenvalue weighted by Gasteiger charge is -2.24. The molecule has 9 nitrogen and oxygen atoms in total. The van der Waals surface area contributed by atoms with E-state index in [9.17, 15) is 0 Å². The molecule has 0 amide bonds. The van der Waals surface area contributed by atoms with Crippen LogP contribution in [0.2, 0.25) is 0 Å². The van der Waals surface area contributed by atoms with Gasteiger partial charge in [-0.3, -0.25) is 0 Å². The van der Waals surface area contributed by atoms with Crippen molar-refractivity contribution < 1.29 is 13.3 Å². The highest BCUT2D eigenvalue weighted by Gasteiger charge is 2.23. The second-order valence-corrected chi connectivity index (χ2v) is 24.1. The standard InChI is InChI=1S/C42H24N2O2.C18H12N2.C12H7BrO.C6H14N2.CH4/c1-5-13-35-27(9-1)31-19-20-32-28-10-2-6-14-36(28)44(26-18-22-40-34(24-26)30-12-4-8-16-38(30)46-40)42(32)41(31)43(35)25-17-21-39-33(23-25)29-11-3-7-15-37(29)45-39;1-3-7-15-11(5-1)13-9-10-14-12-6-2-4-8-16(12)20-18(14)17(13)19-15;13-8-5-6-12-10(7-8)9-3-1-2-4-11(9)14-12;7-5-3-1-2-4-6(5)8;/h1-24H;1-10,19-20H;1-7H;5-6H,1-4,7-8H2;1H4/t;;;5-,6-;/m...1./s1. The molecule has 0 radical (unpaired) electrons. The Kier molecular flexibility index (Phi) is 13.2. The second kappa shape index (κ2) is 21.8. The van der Waals surface area contributed by atoms with Crippen LogP contribution in [0, 0.1) is 0 Å². The van der Waals surface area contributed by atoms with Gasteiger partial charge in [0.25, 0.3) is 0 Å². The zero-order valence-electron chi connectivity index (χ0n) is 47.8. The number of nitrogens with zero attached hydrogens (tertiary/aromatic N) is 2. The van der Waals surface area contributed by atoms with Crippen molar-refractivity contribution in [3.63, 3.8) is 0 Å². The molecule has 10 heteroatoms. The fourth-order valence-electron chi connectivity index (χ4n) is 13.9. The maximum Gasteiger partial charge on any atom is 0.135 e. The van der Waals surface area contributed by atoms with Crippen LogP contribution in [0.25, 0.3) is 164 Å². The van der Waals surface area contributed by atoms with Gasteiger partial charge in [0.05, 0.1) is 33.1 Å². The molecule has 89 heavy (non-hydrogen) atoms. The van der Waals surface area contributed by atoms with Crippen LogP contribution in [0.5, 0.6) is 0 Å². The molecule has 0 saturated heterocycles. The van der Waals surface area contributed by atoms with Crippen molar-refractivity contribution >= 4 is 169 Å². The van der Waals surface area contributed by atoms with Crippen LogP contribution in [0.1, 0.15) is 33.1 Å². The molecule has 19 aromatic rings. The summed E-state index contributed by atoms with van der Waals surface area (Å²) >= 11 is 3.46. The van der Waals surface area contributed by atoms with E-state index in [1.807, 2.05) is 54.6 Å². The maximum atomic E-state index is 6.22.